The SMILES string of the molecule is CCCCCCCc1ccc2c(c1F)OC(F)(F)c1cc(-c3ccc(CCCCC)cc3)ccc1-2. The third-order valence-corrected chi connectivity index (χ3v) is 6.94. The van der Waals surface area contributed by atoms with Gasteiger partial charge in [0.2, 0.25) is 0 Å². The fraction of sp³-hybridized carbons (Fsp3) is 0.419. The molecule has 0 atom stereocenters. The second-order valence-corrected chi connectivity index (χ2v) is 9.61. The Kier molecular flexibility index (Phi) is 8.20. The van der Waals surface area contributed by atoms with Crippen LogP contribution in [-0.2, 0) is 19.0 Å². The summed E-state index contributed by atoms with van der Waals surface area (Å²) in [5.74, 6) is -0.996. The van der Waals surface area contributed by atoms with Crippen LogP contribution in [0.5, 0.6) is 5.75 Å². The number of benzene rings is 3. The molecule has 0 fully saturated rings. The fourth-order valence-corrected chi connectivity index (χ4v) is 4.85. The average Bonchev–Trinajstić information content (AvgIpc) is 2.86. The van der Waals surface area contributed by atoms with Crippen molar-refractivity contribution in [3.63, 3.8) is 0 Å². The summed E-state index contributed by atoms with van der Waals surface area (Å²) in [5, 5.41) is 0. The molecule has 0 N–H and O–H groups in total. The molecular weight excluding hydrogens is 445 g/mol. The van der Waals surface area contributed by atoms with E-state index in [2.05, 4.69) is 26.0 Å². The number of alkyl halides is 2. The molecule has 1 nitrogen and oxygen atoms in total. The fourth-order valence-electron chi connectivity index (χ4n) is 4.85. The van der Waals surface area contributed by atoms with Crippen molar-refractivity contribution >= 4 is 0 Å². The lowest BCUT2D eigenvalue weighted by atomic mass is 9.90. The van der Waals surface area contributed by atoms with Gasteiger partial charge in [0.1, 0.15) is 0 Å². The minimum Gasteiger partial charge on any atom is -0.425 e. The summed E-state index contributed by atoms with van der Waals surface area (Å²) in [4.78, 5) is 0. The van der Waals surface area contributed by atoms with Crippen LogP contribution in [0.15, 0.2) is 54.6 Å². The van der Waals surface area contributed by atoms with Crippen LogP contribution in [0, 0.1) is 5.82 Å². The molecule has 0 unspecified atom stereocenters. The molecule has 0 amide bonds. The van der Waals surface area contributed by atoms with Gasteiger partial charge in [-0.1, -0.05) is 101 Å². The third kappa shape index (κ3) is 5.74. The van der Waals surface area contributed by atoms with Gasteiger partial charge in [-0.15, -0.1) is 0 Å². The molecule has 0 aliphatic carbocycles. The van der Waals surface area contributed by atoms with Crippen molar-refractivity contribution in [2.45, 2.75) is 84.2 Å². The molecule has 3 aromatic rings. The van der Waals surface area contributed by atoms with Crippen molar-refractivity contribution in [3.8, 4) is 28.0 Å². The zero-order valence-corrected chi connectivity index (χ0v) is 20.8. The average molecular weight is 481 g/mol. The summed E-state index contributed by atoms with van der Waals surface area (Å²) in [5.41, 5.74) is 3.74. The van der Waals surface area contributed by atoms with E-state index < -0.39 is 11.9 Å². The highest BCUT2D eigenvalue weighted by Gasteiger charge is 2.43. The van der Waals surface area contributed by atoms with Crippen molar-refractivity contribution in [1.82, 2.24) is 0 Å². The molecule has 4 heteroatoms. The molecule has 0 saturated carbocycles. The van der Waals surface area contributed by atoms with Crippen molar-refractivity contribution in [2.75, 3.05) is 0 Å². The Balaban J connectivity index is 1.58. The van der Waals surface area contributed by atoms with E-state index in [1.165, 1.54) is 24.5 Å². The number of rotatable bonds is 11. The van der Waals surface area contributed by atoms with Gasteiger partial charge in [0.05, 0.1) is 5.56 Å². The van der Waals surface area contributed by atoms with Crippen LogP contribution >= 0.6 is 0 Å². The first kappa shape index (κ1) is 25.3. The Morgan fingerprint density at radius 2 is 1.31 bits per heavy atom. The van der Waals surface area contributed by atoms with E-state index in [0.29, 0.717) is 28.7 Å². The lowest BCUT2D eigenvalue weighted by Crippen LogP contribution is -2.27. The Morgan fingerprint density at radius 1 is 0.686 bits per heavy atom. The molecule has 0 aromatic heterocycles. The van der Waals surface area contributed by atoms with Crippen LogP contribution in [0.1, 0.15) is 81.9 Å². The molecule has 0 bridgehead atoms. The standard InChI is InChI=1S/C31H35F3O/c1-3-5-7-8-10-12-24-17-20-27-26-19-18-25(21-28(26)31(33,34)35-30(27)29(24)32)23-15-13-22(14-16-23)11-9-6-4-2/h13-21H,3-12H2,1-2H3. The summed E-state index contributed by atoms with van der Waals surface area (Å²) < 4.78 is 50.5. The second-order valence-electron chi connectivity index (χ2n) is 9.61. The monoisotopic (exact) mass is 480 g/mol. The maximum absolute atomic E-state index is 15.2. The predicted molar refractivity (Wildman–Crippen MR) is 137 cm³/mol. The van der Waals surface area contributed by atoms with E-state index >= 15 is 13.2 Å². The number of aryl methyl sites for hydroxylation is 2. The van der Waals surface area contributed by atoms with E-state index in [0.717, 1.165) is 50.5 Å². The van der Waals surface area contributed by atoms with Gasteiger partial charge < -0.3 is 4.74 Å². The molecule has 1 heterocycles. The minimum absolute atomic E-state index is 0.221. The first-order valence-electron chi connectivity index (χ1n) is 13.1. The van der Waals surface area contributed by atoms with Gasteiger partial charge in [-0.3, -0.25) is 0 Å². The predicted octanol–water partition coefficient (Wildman–Crippen LogP) is 9.85. The van der Waals surface area contributed by atoms with Gasteiger partial charge in [-0.25, -0.2) is 4.39 Å². The highest BCUT2D eigenvalue weighted by atomic mass is 19.3. The van der Waals surface area contributed by atoms with Crippen LogP contribution in [0.3, 0.4) is 0 Å². The van der Waals surface area contributed by atoms with Crippen molar-refractivity contribution in [1.29, 1.82) is 0 Å². The second kappa shape index (κ2) is 11.3. The van der Waals surface area contributed by atoms with Gasteiger partial charge in [0.25, 0.3) is 0 Å². The van der Waals surface area contributed by atoms with Crippen molar-refractivity contribution < 1.29 is 17.9 Å². The number of halogens is 3. The normalized spacial score (nSPS) is 13.7. The van der Waals surface area contributed by atoms with Crippen LogP contribution < -0.4 is 4.74 Å². The number of unbranched alkanes of at least 4 members (excludes halogenated alkanes) is 6. The van der Waals surface area contributed by atoms with E-state index in [9.17, 15) is 0 Å². The largest absolute Gasteiger partial charge is 0.427 e. The molecule has 1 aliphatic rings. The molecule has 0 spiro atoms. The van der Waals surface area contributed by atoms with Gasteiger partial charge in [0.15, 0.2) is 11.6 Å². The van der Waals surface area contributed by atoms with Crippen molar-refractivity contribution in [2.24, 2.45) is 0 Å². The maximum atomic E-state index is 15.2. The summed E-state index contributed by atoms with van der Waals surface area (Å²) >= 11 is 0. The molecular formula is C31H35F3O. The van der Waals surface area contributed by atoms with Gasteiger partial charge in [-0.2, -0.15) is 8.78 Å². The number of fused-ring (bicyclic) bond motifs is 3. The minimum atomic E-state index is -3.60. The van der Waals surface area contributed by atoms with Crippen LogP contribution in [0.25, 0.3) is 22.3 Å². The number of hydrogen-bond donors (Lipinski definition) is 0. The highest BCUT2D eigenvalue weighted by molar-refractivity contribution is 5.80. The summed E-state index contributed by atoms with van der Waals surface area (Å²) in [6, 6.07) is 16.5. The van der Waals surface area contributed by atoms with Crippen LogP contribution in [-0.4, -0.2) is 0 Å². The van der Waals surface area contributed by atoms with E-state index in [4.69, 9.17) is 4.74 Å². The lowest BCUT2D eigenvalue weighted by Gasteiger charge is -2.29. The third-order valence-electron chi connectivity index (χ3n) is 6.94. The molecule has 0 radical (unpaired) electrons. The highest BCUT2D eigenvalue weighted by Crippen LogP contribution is 2.49. The summed E-state index contributed by atoms with van der Waals surface area (Å²) in [7, 11) is 0. The Hall–Kier alpha value is -2.75. The van der Waals surface area contributed by atoms with E-state index in [1.54, 1.807) is 18.2 Å². The first-order valence-corrected chi connectivity index (χ1v) is 13.1. The molecule has 186 valence electrons. The topological polar surface area (TPSA) is 9.23 Å². The summed E-state index contributed by atoms with van der Waals surface area (Å²) in [6.07, 6.45) is 6.72. The van der Waals surface area contributed by atoms with Crippen LogP contribution in [0.4, 0.5) is 13.2 Å². The molecule has 4 rings (SSSR count). The maximum Gasteiger partial charge on any atom is 0.427 e. The van der Waals surface area contributed by atoms with Gasteiger partial charge in [-0.05, 0) is 59.6 Å². The quantitative estimate of drug-likeness (QED) is 0.248. The molecule has 35 heavy (non-hydrogen) atoms. The van der Waals surface area contributed by atoms with Crippen LogP contribution in [0.2, 0.25) is 0 Å². The molecule has 1 aliphatic heterocycles. The Bertz CT molecular complexity index is 1130. The zero-order chi connectivity index (χ0) is 24.8. The first-order chi connectivity index (χ1) is 16.9. The number of ether oxygens (including phenoxy) is 1. The Morgan fingerprint density at radius 3 is 2.06 bits per heavy atom. The Labute approximate surface area is 207 Å². The lowest BCUT2D eigenvalue weighted by molar-refractivity contribution is -0.188. The number of hydrogen-bond acceptors (Lipinski definition) is 1. The van der Waals surface area contributed by atoms with Gasteiger partial charge in [0, 0.05) is 5.56 Å². The molecule has 3 aromatic carbocycles. The molecule has 0 saturated heterocycles. The smallest absolute Gasteiger partial charge is 0.425 e. The zero-order valence-electron chi connectivity index (χ0n) is 20.8. The van der Waals surface area contributed by atoms with Crippen molar-refractivity contribution in [3.05, 3.63) is 77.1 Å². The van der Waals surface area contributed by atoms with Gasteiger partial charge >= 0.3 is 6.11 Å². The van der Waals surface area contributed by atoms with E-state index in [1.807, 2.05) is 18.2 Å². The summed E-state index contributed by atoms with van der Waals surface area (Å²) in [6.45, 7) is 4.33. The van der Waals surface area contributed by atoms with E-state index in [-0.39, 0.29) is 11.3 Å².